The first-order valence-corrected chi connectivity index (χ1v) is 7.88. The van der Waals surface area contributed by atoms with Crippen LogP contribution < -0.4 is 4.90 Å². The third kappa shape index (κ3) is 2.78. The third-order valence-corrected chi connectivity index (χ3v) is 4.50. The van der Waals surface area contributed by atoms with Crippen molar-refractivity contribution in [2.45, 2.75) is 26.5 Å². The minimum absolute atomic E-state index is 0.0717. The Morgan fingerprint density at radius 2 is 2.14 bits per heavy atom. The van der Waals surface area contributed by atoms with Crippen molar-refractivity contribution in [1.82, 2.24) is 4.98 Å². The van der Waals surface area contributed by atoms with Crippen LogP contribution in [0.3, 0.4) is 0 Å². The van der Waals surface area contributed by atoms with Crippen LogP contribution in [0.25, 0.3) is 5.76 Å². The van der Waals surface area contributed by atoms with Gasteiger partial charge in [-0.25, -0.2) is 4.39 Å². The molecular formula is C16H17FN2OS. The number of hydrogen-bond acceptors (Lipinski definition) is 4. The molecule has 1 aliphatic rings. The second kappa shape index (κ2) is 5.85. The molecule has 3 nitrogen and oxygen atoms in total. The van der Waals surface area contributed by atoms with Gasteiger partial charge in [0.05, 0.1) is 16.6 Å². The van der Waals surface area contributed by atoms with Crippen LogP contribution >= 0.6 is 11.3 Å². The van der Waals surface area contributed by atoms with Gasteiger partial charge in [-0.1, -0.05) is 13.8 Å². The van der Waals surface area contributed by atoms with E-state index in [-0.39, 0.29) is 12.0 Å². The smallest absolute Gasteiger partial charge is 0.178 e. The fourth-order valence-electron chi connectivity index (χ4n) is 2.30. The summed E-state index contributed by atoms with van der Waals surface area (Å²) >= 11 is 1.55. The van der Waals surface area contributed by atoms with Gasteiger partial charge >= 0.3 is 0 Å². The number of thiazole rings is 1. The fraction of sp³-hybridized carbons (Fsp3) is 0.312. The molecular weight excluding hydrogens is 287 g/mol. The molecule has 0 bridgehead atoms. The van der Waals surface area contributed by atoms with Gasteiger partial charge in [0, 0.05) is 17.8 Å². The van der Waals surface area contributed by atoms with E-state index >= 15 is 0 Å². The summed E-state index contributed by atoms with van der Waals surface area (Å²) in [6, 6.07) is 6.50. The number of nitrogens with zero attached hydrogens (tertiary/aromatic N) is 2. The van der Waals surface area contributed by atoms with Gasteiger partial charge in [0.1, 0.15) is 5.82 Å². The van der Waals surface area contributed by atoms with Crippen molar-refractivity contribution in [1.29, 1.82) is 0 Å². The zero-order valence-corrected chi connectivity index (χ0v) is 12.8. The largest absolute Gasteiger partial charge is 0.467 e. The second-order valence-corrected chi connectivity index (χ2v) is 6.02. The predicted octanol–water partition coefficient (Wildman–Crippen LogP) is 4.49. The summed E-state index contributed by atoms with van der Waals surface area (Å²) < 4.78 is 19.2. The number of benzene rings is 1. The first kappa shape index (κ1) is 14.1. The van der Waals surface area contributed by atoms with Crippen LogP contribution in [0.2, 0.25) is 0 Å². The fourth-order valence-corrected chi connectivity index (χ4v) is 2.88. The van der Waals surface area contributed by atoms with Crippen LogP contribution in [0.15, 0.2) is 42.2 Å². The molecule has 0 aliphatic carbocycles. The normalized spacial score (nSPS) is 19.3. The number of anilines is 1. The Morgan fingerprint density at radius 1 is 1.38 bits per heavy atom. The molecule has 0 fully saturated rings. The first-order chi connectivity index (χ1) is 10.2. The lowest BCUT2D eigenvalue weighted by Crippen LogP contribution is -2.33. The summed E-state index contributed by atoms with van der Waals surface area (Å²) in [5, 5.41) is 0. The molecule has 2 aromatic rings. The van der Waals surface area contributed by atoms with Crippen molar-refractivity contribution in [2.24, 2.45) is 5.92 Å². The standard InChI is InChI=1S/C16H17FN2OS/c1-3-11(2)16-19(13-6-4-12(17)5-7-13)9-14(20-16)15-8-18-10-21-15/h4-11,16H,3H2,1-2H3. The maximum Gasteiger partial charge on any atom is 0.178 e. The highest BCUT2D eigenvalue weighted by Gasteiger charge is 2.32. The van der Waals surface area contributed by atoms with Gasteiger partial charge in [-0.3, -0.25) is 4.98 Å². The summed E-state index contributed by atoms with van der Waals surface area (Å²) in [4.78, 5) is 7.18. The van der Waals surface area contributed by atoms with E-state index in [0.29, 0.717) is 5.92 Å². The van der Waals surface area contributed by atoms with Gasteiger partial charge in [-0.2, -0.15) is 0 Å². The number of ether oxygens (including phenoxy) is 1. The van der Waals surface area contributed by atoms with Gasteiger partial charge in [0.25, 0.3) is 0 Å². The van der Waals surface area contributed by atoms with Crippen LogP contribution in [0.5, 0.6) is 0 Å². The highest BCUT2D eigenvalue weighted by atomic mass is 32.1. The predicted molar refractivity (Wildman–Crippen MR) is 83.3 cm³/mol. The Morgan fingerprint density at radius 3 is 2.76 bits per heavy atom. The van der Waals surface area contributed by atoms with E-state index in [2.05, 4.69) is 23.7 Å². The highest BCUT2D eigenvalue weighted by molar-refractivity contribution is 7.10. The van der Waals surface area contributed by atoms with Crippen LogP contribution in [0.4, 0.5) is 10.1 Å². The molecule has 1 aromatic heterocycles. The summed E-state index contributed by atoms with van der Waals surface area (Å²) in [6.45, 7) is 4.30. The number of hydrogen-bond donors (Lipinski definition) is 0. The minimum Gasteiger partial charge on any atom is -0.467 e. The Bertz CT molecular complexity index is 624. The van der Waals surface area contributed by atoms with E-state index in [1.54, 1.807) is 35.2 Å². The third-order valence-electron chi connectivity index (χ3n) is 3.71. The van der Waals surface area contributed by atoms with Gasteiger partial charge in [-0.15, -0.1) is 11.3 Å². The molecule has 0 saturated heterocycles. The molecule has 2 unspecified atom stereocenters. The first-order valence-electron chi connectivity index (χ1n) is 7.00. The van der Waals surface area contributed by atoms with Crippen LogP contribution in [0, 0.1) is 11.7 Å². The van der Waals surface area contributed by atoms with Gasteiger partial charge in [0.15, 0.2) is 12.0 Å². The Labute approximate surface area is 127 Å². The van der Waals surface area contributed by atoms with Gasteiger partial charge in [-0.05, 0) is 30.7 Å². The van der Waals surface area contributed by atoms with E-state index in [4.69, 9.17) is 4.74 Å². The summed E-state index contributed by atoms with van der Waals surface area (Å²) in [5.41, 5.74) is 2.72. The summed E-state index contributed by atoms with van der Waals surface area (Å²) in [5.74, 6) is 0.953. The lowest BCUT2D eigenvalue weighted by molar-refractivity contribution is 0.133. The van der Waals surface area contributed by atoms with E-state index in [1.165, 1.54) is 12.1 Å². The van der Waals surface area contributed by atoms with Crippen molar-refractivity contribution < 1.29 is 9.13 Å². The number of rotatable bonds is 4. The number of halogens is 1. The lowest BCUT2D eigenvalue weighted by atomic mass is 10.1. The van der Waals surface area contributed by atoms with E-state index < -0.39 is 0 Å². The van der Waals surface area contributed by atoms with Crippen LogP contribution in [-0.4, -0.2) is 11.2 Å². The van der Waals surface area contributed by atoms with E-state index in [9.17, 15) is 4.39 Å². The topological polar surface area (TPSA) is 25.4 Å². The Kier molecular flexibility index (Phi) is 3.92. The van der Waals surface area contributed by atoms with Crippen molar-refractivity contribution in [3.63, 3.8) is 0 Å². The van der Waals surface area contributed by atoms with Gasteiger partial charge < -0.3 is 9.64 Å². The minimum atomic E-state index is -0.231. The maximum atomic E-state index is 13.1. The Hall–Kier alpha value is -1.88. The monoisotopic (exact) mass is 304 g/mol. The molecule has 1 aromatic carbocycles. The maximum absolute atomic E-state index is 13.1. The molecule has 0 N–H and O–H groups in total. The average Bonchev–Trinajstić information content (AvgIpc) is 3.16. The van der Waals surface area contributed by atoms with E-state index in [0.717, 1.165) is 22.7 Å². The van der Waals surface area contributed by atoms with Gasteiger partial charge in [0.2, 0.25) is 0 Å². The van der Waals surface area contributed by atoms with Crippen molar-refractivity contribution in [3.8, 4) is 0 Å². The molecule has 1 aliphatic heterocycles. The lowest BCUT2D eigenvalue weighted by Gasteiger charge is -2.28. The molecule has 3 rings (SSSR count). The molecule has 21 heavy (non-hydrogen) atoms. The van der Waals surface area contributed by atoms with Crippen LogP contribution in [0.1, 0.15) is 25.1 Å². The highest BCUT2D eigenvalue weighted by Crippen LogP contribution is 2.36. The van der Waals surface area contributed by atoms with Crippen LogP contribution in [-0.2, 0) is 4.74 Å². The second-order valence-electron chi connectivity index (χ2n) is 5.14. The summed E-state index contributed by atoms with van der Waals surface area (Å²) in [6.07, 6.45) is 4.72. The number of aromatic nitrogens is 1. The molecule has 0 spiro atoms. The molecule has 2 atom stereocenters. The molecule has 0 saturated carbocycles. The SMILES string of the molecule is CCC(C)C1OC(c2cncs2)=CN1c1ccc(F)cc1. The molecule has 0 amide bonds. The molecule has 0 radical (unpaired) electrons. The quantitative estimate of drug-likeness (QED) is 0.832. The summed E-state index contributed by atoms with van der Waals surface area (Å²) in [7, 11) is 0. The van der Waals surface area contributed by atoms with Crippen molar-refractivity contribution in [3.05, 3.63) is 52.9 Å². The Balaban J connectivity index is 1.94. The molecule has 110 valence electrons. The molecule has 2 heterocycles. The average molecular weight is 304 g/mol. The zero-order chi connectivity index (χ0) is 14.8. The molecule has 5 heteroatoms. The zero-order valence-electron chi connectivity index (χ0n) is 12.0. The van der Waals surface area contributed by atoms with E-state index in [1.807, 2.05) is 6.20 Å². The van der Waals surface area contributed by atoms with Crippen molar-refractivity contribution >= 4 is 22.8 Å². The van der Waals surface area contributed by atoms with Crippen molar-refractivity contribution in [2.75, 3.05) is 4.90 Å².